The third kappa shape index (κ3) is 4.78. The van der Waals surface area contributed by atoms with Crippen LogP contribution in [-0.2, 0) is 27.7 Å². The largest absolute Gasteiger partial charge is 0.497 e. The van der Waals surface area contributed by atoms with E-state index in [0.717, 1.165) is 35.4 Å². The van der Waals surface area contributed by atoms with Crippen LogP contribution in [0.2, 0.25) is 0 Å². The summed E-state index contributed by atoms with van der Waals surface area (Å²) >= 11 is 0. The van der Waals surface area contributed by atoms with E-state index in [0.29, 0.717) is 25.1 Å². The summed E-state index contributed by atoms with van der Waals surface area (Å²) in [5.74, 6) is 0.655. The highest BCUT2D eigenvalue weighted by Crippen LogP contribution is 2.32. The molecule has 0 aromatic heterocycles. The Morgan fingerprint density at radius 2 is 1.72 bits per heavy atom. The molecule has 32 heavy (non-hydrogen) atoms. The molecule has 3 aromatic carbocycles. The van der Waals surface area contributed by atoms with Gasteiger partial charge in [-0.1, -0.05) is 30.3 Å². The highest BCUT2D eigenvalue weighted by Gasteiger charge is 2.28. The maximum atomic E-state index is 13.2. The number of fused-ring (bicyclic) bond motifs is 1. The van der Waals surface area contributed by atoms with Crippen LogP contribution in [0.25, 0.3) is 0 Å². The van der Waals surface area contributed by atoms with Gasteiger partial charge >= 0.3 is 0 Å². The van der Waals surface area contributed by atoms with E-state index < -0.39 is 10.0 Å². The molecule has 0 radical (unpaired) electrons. The number of sulfonamides is 1. The van der Waals surface area contributed by atoms with Gasteiger partial charge in [-0.15, -0.1) is 0 Å². The molecule has 0 unspecified atom stereocenters. The third-order valence-corrected chi connectivity index (χ3v) is 7.42. The monoisotopic (exact) mass is 450 g/mol. The molecule has 0 saturated heterocycles. The Morgan fingerprint density at radius 3 is 2.44 bits per heavy atom. The molecule has 0 spiro atoms. The number of amides is 1. The SMILES string of the molecule is COc1ccc(CCC(=O)Nc2ccc(S(=O)(=O)N3CCCc4ccccc43)cc2)cc1. The zero-order valence-corrected chi connectivity index (χ0v) is 18.8. The minimum absolute atomic E-state index is 0.124. The van der Waals surface area contributed by atoms with Gasteiger partial charge in [0.1, 0.15) is 5.75 Å². The minimum Gasteiger partial charge on any atom is -0.497 e. The van der Waals surface area contributed by atoms with E-state index in [1.165, 1.54) is 4.31 Å². The number of rotatable bonds is 7. The molecular weight excluding hydrogens is 424 g/mol. The average Bonchev–Trinajstić information content (AvgIpc) is 2.83. The quantitative estimate of drug-likeness (QED) is 0.579. The molecule has 1 aliphatic rings. The van der Waals surface area contributed by atoms with Crippen LogP contribution in [0.5, 0.6) is 5.75 Å². The Hall–Kier alpha value is -3.32. The molecule has 0 fully saturated rings. The van der Waals surface area contributed by atoms with Crippen molar-refractivity contribution >= 4 is 27.3 Å². The van der Waals surface area contributed by atoms with Gasteiger partial charge in [-0.2, -0.15) is 0 Å². The smallest absolute Gasteiger partial charge is 0.264 e. The van der Waals surface area contributed by atoms with Crippen LogP contribution in [0, 0.1) is 0 Å². The van der Waals surface area contributed by atoms with Crippen LogP contribution < -0.4 is 14.4 Å². The molecule has 7 heteroatoms. The molecule has 0 atom stereocenters. The Labute approximate surface area is 188 Å². The first-order valence-corrected chi connectivity index (χ1v) is 12.0. The second-order valence-electron chi connectivity index (χ2n) is 7.73. The number of para-hydroxylation sites is 1. The number of carbonyl (C=O) groups excluding carboxylic acids is 1. The molecule has 0 bridgehead atoms. The van der Waals surface area contributed by atoms with Crippen LogP contribution >= 0.6 is 0 Å². The van der Waals surface area contributed by atoms with Crippen molar-refractivity contribution in [3.05, 3.63) is 83.9 Å². The van der Waals surface area contributed by atoms with E-state index >= 15 is 0 Å². The number of methoxy groups -OCH3 is 1. The van der Waals surface area contributed by atoms with Crippen molar-refractivity contribution in [2.45, 2.75) is 30.6 Å². The molecule has 6 nitrogen and oxygen atoms in total. The second kappa shape index (κ2) is 9.44. The molecule has 0 aliphatic carbocycles. The fourth-order valence-corrected chi connectivity index (χ4v) is 5.40. The molecule has 1 amide bonds. The van der Waals surface area contributed by atoms with E-state index in [-0.39, 0.29) is 10.8 Å². The van der Waals surface area contributed by atoms with Crippen molar-refractivity contribution in [1.82, 2.24) is 0 Å². The Morgan fingerprint density at radius 1 is 1.00 bits per heavy atom. The zero-order chi connectivity index (χ0) is 22.6. The van der Waals surface area contributed by atoms with E-state index in [1.54, 1.807) is 31.4 Å². The number of hydrogen-bond acceptors (Lipinski definition) is 4. The van der Waals surface area contributed by atoms with Crippen LogP contribution in [0.1, 0.15) is 24.0 Å². The van der Waals surface area contributed by atoms with Gasteiger partial charge in [0.25, 0.3) is 10.0 Å². The molecule has 1 aliphatic heterocycles. The summed E-state index contributed by atoms with van der Waals surface area (Å²) in [5, 5.41) is 2.84. The number of anilines is 2. The van der Waals surface area contributed by atoms with Gasteiger partial charge in [0.05, 0.1) is 17.7 Å². The van der Waals surface area contributed by atoms with Crippen molar-refractivity contribution in [3.8, 4) is 5.75 Å². The van der Waals surface area contributed by atoms with Gasteiger partial charge in [0.15, 0.2) is 0 Å². The fourth-order valence-electron chi connectivity index (χ4n) is 3.86. The third-order valence-electron chi connectivity index (χ3n) is 5.59. The molecule has 1 heterocycles. The molecule has 3 aromatic rings. The van der Waals surface area contributed by atoms with Gasteiger partial charge in [0, 0.05) is 18.7 Å². The van der Waals surface area contributed by atoms with Crippen molar-refractivity contribution in [3.63, 3.8) is 0 Å². The normalized spacial score (nSPS) is 13.3. The number of ether oxygens (including phenoxy) is 1. The lowest BCUT2D eigenvalue weighted by Crippen LogP contribution is -2.35. The lowest BCUT2D eigenvalue weighted by atomic mass is 10.0. The van der Waals surface area contributed by atoms with Crippen molar-refractivity contribution in [2.24, 2.45) is 0 Å². The number of nitrogens with one attached hydrogen (secondary N) is 1. The second-order valence-corrected chi connectivity index (χ2v) is 9.59. The summed E-state index contributed by atoms with van der Waals surface area (Å²) in [5.41, 5.74) is 3.41. The van der Waals surface area contributed by atoms with Crippen LogP contribution in [0.3, 0.4) is 0 Å². The predicted octanol–water partition coefficient (Wildman–Crippen LogP) is 4.41. The number of benzene rings is 3. The van der Waals surface area contributed by atoms with Crippen LogP contribution in [-0.4, -0.2) is 28.0 Å². The van der Waals surface area contributed by atoms with Crippen molar-refractivity contribution in [2.75, 3.05) is 23.3 Å². The highest BCUT2D eigenvalue weighted by molar-refractivity contribution is 7.92. The minimum atomic E-state index is -3.66. The Balaban J connectivity index is 1.40. The van der Waals surface area contributed by atoms with Crippen LogP contribution in [0.4, 0.5) is 11.4 Å². The molecule has 1 N–H and O–H groups in total. The lowest BCUT2D eigenvalue weighted by Gasteiger charge is -2.30. The summed E-state index contributed by atoms with van der Waals surface area (Å²) in [7, 11) is -2.05. The van der Waals surface area contributed by atoms with Crippen molar-refractivity contribution < 1.29 is 17.9 Å². The number of nitrogens with zero attached hydrogens (tertiary/aromatic N) is 1. The fraction of sp³-hybridized carbons (Fsp3) is 0.240. The van der Waals surface area contributed by atoms with Crippen molar-refractivity contribution in [1.29, 1.82) is 0 Å². The first-order valence-electron chi connectivity index (χ1n) is 10.6. The van der Waals surface area contributed by atoms with Gasteiger partial charge < -0.3 is 10.1 Å². The van der Waals surface area contributed by atoms with Crippen LogP contribution in [0.15, 0.2) is 77.7 Å². The Kier molecular flexibility index (Phi) is 6.46. The molecule has 4 rings (SSSR count). The standard InChI is InChI=1S/C25H26N2O4S/c1-31-22-13-8-19(9-14-22)10-17-25(28)26-21-11-15-23(16-12-21)32(29,30)27-18-4-6-20-5-2-3-7-24(20)27/h2-3,5,7-9,11-16H,4,6,10,17-18H2,1H3,(H,26,28). The van der Waals surface area contributed by atoms with E-state index in [2.05, 4.69) is 5.32 Å². The molecule has 166 valence electrons. The summed E-state index contributed by atoms with van der Waals surface area (Å²) in [4.78, 5) is 12.5. The molecular formula is C25H26N2O4S. The van der Waals surface area contributed by atoms with Gasteiger partial charge in [-0.05, 0) is 72.9 Å². The maximum absolute atomic E-state index is 13.2. The first-order chi connectivity index (χ1) is 15.5. The predicted molar refractivity (Wildman–Crippen MR) is 126 cm³/mol. The van der Waals surface area contributed by atoms with Gasteiger partial charge in [0.2, 0.25) is 5.91 Å². The summed E-state index contributed by atoms with van der Waals surface area (Å²) in [6.07, 6.45) is 2.61. The Bertz CT molecular complexity index is 1190. The average molecular weight is 451 g/mol. The maximum Gasteiger partial charge on any atom is 0.264 e. The van der Waals surface area contributed by atoms with E-state index in [4.69, 9.17) is 4.74 Å². The zero-order valence-electron chi connectivity index (χ0n) is 18.0. The topological polar surface area (TPSA) is 75.7 Å². The van der Waals surface area contributed by atoms with Gasteiger partial charge in [-0.3, -0.25) is 9.10 Å². The van der Waals surface area contributed by atoms with E-state index in [9.17, 15) is 13.2 Å². The number of hydrogen-bond donors (Lipinski definition) is 1. The highest BCUT2D eigenvalue weighted by atomic mass is 32.2. The van der Waals surface area contributed by atoms with E-state index in [1.807, 2.05) is 48.5 Å². The molecule has 0 saturated carbocycles. The number of aryl methyl sites for hydroxylation is 2. The lowest BCUT2D eigenvalue weighted by molar-refractivity contribution is -0.116. The summed E-state index contributed by atoms with van der Waals surface area (Å²) in [6.45, 7) is 0.462. The van der Waals surface area contributed by atoms with Gasteiger partial charge in [-0.25, -0.2) is 8.42 Å². The summed E-state index contributed by atoms with van der Waals surface area (Å²) < 4.78 is 33.1. The first kappa shape index (κ1) is 21.9. The summed E-state index contributed by atoms with van der Waals surface area (Å²) in [6, 6.07) is 21.6. The number of carbonyl (C=O) groups is 1.